The van der Waals surface area contributed by atoms with E-state index >= 15 is 0 Å². The summed E-state index contributed by atoms with van der Waals surface area (Å²) in [6, 6.07) is 10.4. The van der Waals surface area contributed by atoms with E-state index in [9.17, 15) is 4.79 Å². The second-order valence-electron chi connectivity index (χ2n) is 4.98. The highest BCUT2D eigenvalue weighted by atomic mass is 35.5. The maximum atomic E-state index is 12.0. The molecule has 0 aliphatic rings. The molecular formula is C16H13Cl2N5O. The first kappa shape index (κ1) is 16.4. The van der Waals surface area contributed by atoms with Gasteiger partial charge >= 0.3 is 0 Å². The third-order valence-electron chi connectivity index (χ3n) is 3.24. The van der Waals surface area contributed by atoms with E-state index in [4.69, 9.17) is 23.2 Å². The standard InChI is InChI=1S/C16H13Cl2N5O/c17-11-3-1-10(2-4-11)15-21-14(22-23-15)6-8-20-16(24)13-9-12(18)5-7-19-13/h1-5,7,9H,6,8H2,(H,20,24)(H,21,22,23). The van der Waals surface area contributed by atoms with Crippen molar-refractivity contribution in [2.24, 2.45) is 0 Å². The lowest BCUT2D eigenvalue weighted by Crippen LogP contribution is -2.26. The molecule has 3 aromatic rings. The summed E-state index contributed by atoms with van der Waals surface area (Å²) >= 11 is 11.7. The van der Waals surface area contributed by atoms with Crippen molar-refractivity contribution in [1.82, 2.24) is 25.5 Å². The van der Waals surface area contributed by atoms with Crippen LogP contribution in [-0.2, 0) is 6.42 Å². The molecule has 0 bridgehead atoms. The lowest BCUT2D eigenvalue weighted by molar-refractivity contribution is 0.0949. The van der Waals surface area contributed by atoms with Crippen LogP contribution in [-0.4, -0.2) is 32.6 Å². The van der Waals surface area contributed by atoms with Crippen molar-refractivity contribution in [2.45, 2.75) is 6.42 Å². The Morgan fingerprint density at radius 1 is 1.12 bits per heavy atom. The van der Waals surface area contributed by atoms with Crippen LogP contribution in [0.5, 0.6) is 0 Å². The summed E-state index contributed by atoms with van der Waals surface area (Å²) < 4.78 is 0. The van der Waals surface area contributed by atoms with Crippen LogP contribution in [0.2, 0.25) is 10.0 Å². The number of hydrogen-bond acceptors (Lipinski definition) is 4. The third-order valence-corrected chi connectivity index (χ3v) is 3.72. The fourth-order valence-electron chi connectivity index (χ4n) is 2.05. The van der Waals surface area contributed by atoms with Gasteiger partial charge in [-0.1, -0.05) is 23.2 Å². The van der Waals surface area contributed by atoms with Gasteiger partial charge in [0.05, 0.1) is 0 Å². The Balaban J connectivity index is 1.56. The van der Waals surface area contributed by atoms with Crippen LogP contribution in [0.4, 0.5) is 0 Å². The predicted octanol–water partition coefficient (Wildman–Crippen LogP) is 3.15. The van der Waals surface area contributed by atoms with Gasteiger partial charge in [0.1, 0.15) is 11.5 Å². The Hall–Kier alpha value is -2.44. The van der Waals surface area contributed by atoms with E-state index in [0.717, 1.165) is 5.56 Å². The molecule has 0 saturated heterocycles. The molecule has 0 unspecified atom stereocenters. The molecule has 1 amide bonds. The first-order chi connectivity index (χ1) is 11.6. The molecule has 0 fully saturated rings. The van der Waals surface area contributed by atoms with E-state index < -0.39 is 0 Å². The number of halogens is 2. The van der Waals surface area contributed by atoms with Crippen LogP contribution in [0.25, 0.3) is 11.4 Å². The van der Waals surface area contributed by atoms with E-state index in [1.165, 1.54) is 12.3 Å². The van der Waals surface area contributed by atoms with Crippen molar-refractivity contribution in [1.29, 1.82) is 0 Å². The normalized spacial score (nSPS) is 10.6. The number of benzene rings is 1. The summed E-state index contributed by atoms with van der Waals surface area (Å²) in [4.78, 5) is 20.3. The first-order valence-electron chi connectivity index (χ1n) is 7.19. The van der Waals surface area contributed by atoms with Gasteiger partial charge in [-0.25, -0.2) is 4.98 Å². The molecule has 0 radical (unpaired) electrons. The average Bonchev–Trinajstić information content (AvgIpc) is 3.04. The summed E-state index contributed by atoms with van der Waals surface area (Å²) in [5, 5.41) is 10.9. The molecule has 2 N–H and O–H groups in total. The monoisotopic (exact) mass is 361 g/mol. The Labute approximate surface area is 148 Å². The van der Waals surface area contributed by atoms with E-state index in [2.05, 4.69) is 25.5 Å². The molecule has 2 heterocycles. The van der Waals surface area contributed by atoms with E-state index in [-0.39, 0.29) is 11.6 Å². The van der Waals surface area contributed by atoms with Crippen molar-refractivity contribution in [3.63, 3.8) is 0 Å². The van der Waals surface area contributed by atoms with Gasteiger partial charge in [0.15, 0.2) is 5.82 Å². The van der Waals surface area contributed by atoms with Gasteiger partial charge in [-0.3, -0.25) is 14.9 Å². The molecule has 0 saturated carbocycles. The number of carbonyl (C=O) groups excluding carboxylic acids is 1. The minimum atomic E-state index is -0.282. The predicted molar refractivity (Wildman–Crippen MR) is 92.1 cm³/mol. The zero-order chi connectivity index (χ0) is 16.9. The zero-order valence-corrected chi connectivity index (χ0v) is 14.0. The zero-order valence-electron chi connectivity index (χ0n) is 12.5. The second kappa shape index (κ2) is 7.42. The molecule has 0 aliphatic carbocycles. The van der Waals surface area contributed by atoms with Crippen molar-refractivity contribution >= 4 is 29.1 Å². The minimum absolute atomic E-state index is 0.280. The molecule has 122 valence electrons. The van der Waals surface area contributed by atoms with Gasteiger partial charge < -0.3 is 5.32 Å². The first-order valence-corrected chi connectivity index (χ1v) is 7.94. The molecule has 24 heavy (non-hydrogen) atoms. The number of amides is 1. The summed E-state index contributed by atoms with van der Waals surface area (Å²) in [6.45, 7) is 0.405. The summed E-state index contributed by atoms with van der Waals surface area (Å²) in [6.07, 6.45) is 2.01. The van der Waals surface area contributed by atoms with E-state index in [1.54, 1.807) is 18.2 Å². The molecular weight excluding hydrogens is 349 g/mol. The maximum absolute atomic E-state index is 12.0. The van der Waals surface area contributed by atoms with Gasteiger partial charge in [-0.15, -0.1) is 0 Å². The van der Waals surface area contributed by atoms with Crippen LogP contribution >= 0.6 is 23.2 Å². The molecule has 8 heteroatoms. The smallest absolute Gasteiger partial charge is 0.269 e. The highest BCUT2D eigenvalue weighted by Gasteiger charge is 2.09. The Morgan fingerprint density at radius 2 is 1.92 bits per heavy atom. The molecule has 0 atom stereocenters. The van der Waals surface area contributed by atoms with Gasteiger partial charge in [0.2, 0.25) is 0 Å². The largest absolute Gasteiger partial charge is 0.350 e. The molecule has 6 nitrogen and oxygen atoms in total. The number of aromatic nitrogens is 4. The number of aromatic amines is 1. The molecule has 1 aromatic carbocycles. The molecule has 0 spiro atoms. The maximum Gasteiger partial charge on any atom is 0.269 e. The Bertz CT molecular complexity index is 848. The SMILES string of the molecule is O=C(NCCc1nc(-c2ccc(Cl)cc2)n[nH]1)c1cc(Cl)ccn1. The van der Waals surface area contributed by atoms with Gasteiger partial charge in [0, 0.05) is 34.8 Å². The fraction of sp³-hybridized carbons (Fsp3) is 0.125. The van der Waals surface area contributed by atoms with Gasteiger partial charge in [0.25, 0.3) is 5.91 Å². The number of hydrogen-bond donors (Lipinski definition) is 2. The van der Waals surface area contributed by atoms with Gasteiger partial charge in [-0.05, 0) is 36.4 Å². The lowest BCUT2D eigenvalue weighted by atomic mass is 10.2. The summed E-state index contributed by atoms with van der Waals surface area (Å²) in [5.74, 6) is 0.985. The van der Waals surface area contributed by atoms with E-state index in [1.807, 2.05) is 12.1 Å². The van der Waals surface area contributed by atoms with E-state index in [0.29, 0.717) is 34.7 Å². The van der Waals surface area contributed by atoms with Gasteiger partial charge in [-0.2, -0.15) is 5.10 Å². The molecule has 3 rings (SSSR count). The van der Waals surface area contributed by atoms with Crippen LogP contribution in [0.1, 0.15) is 16.3 Å². The number of nitrogens with one attached hydrogen (secondary N) is 2. The van der Waals surface area contributed by atoms with Crippen molar-refractivity contribution < 1.29 is 4.79 Å². The Kier molecular flexibility index (Phi) is 5.08. The van der Waals surface area contributed by atoms with Crippen LogP contribution in [0.3, 0.4) is 0 Å². The highest BCUT2D eigenvalue weighted by Crippen LogP contribution is 2.17. The highest BCUT2D eigenvalue weighted by molar-refractivity contribution is 6.31. The van der Waals surface area contributed by atoms with Crippen molar-refractivity contribution in [3.05, 3.63) is 64.2 Å². The third kappa shape index (κ3) is 4.10. The van der Waals surface area contributed by atoms with Crippen LogP contribution < -0.4 is 5.32 Å². The summed E-state index contributed by atoms with van der Waals surface area (Å²) in [5.41, 5.74) is 1.15. The van der Waals surface area contributed by atoms with Crippen molar-refractivity contribution in [2.75, 3.05) is 6.54 Å². The average molecular weight is 362 g/mol. The number of nitrogens with zero attached hydrogens (tertiary/aromatic N) is 3. The molecule has 2 aromatic heterocycles. The fourth-order valence-corrected chi connectivity index (χ4v) is 2.33. The minimum Gasteiger partial charge on any atom is -0.350 e. The Morgan fingerprint density at radius 3 is 2.67 bits per heavy atom. The topological polar surface area (TPSA) is 83.6 Å². The molecule has 0 aliphatic heterocycles. The van der Waals surface area contributed by atoms with Crippen LogP contribution in [0, 0.1) is 0 Å². The quantitative estimate of drug-likeness (QED) is 0.730. The van der Waals surface area contributed by atoms with Crippen molar-refractivity contribution in [3.8, 4) is 11.4 Å². The van der Waals surface area contributed by atoms with Crippen LogP contribution in [0.15, 0.2) is 42.6 Å². The number of H-pyrrole nitrogens is 1. The lowest BCUT2D eigenvalue weighted by Gasteiger charge is -2.03. The number of carbonyl (C=O) groups is 1. The summed E-state index contributed by atoms with van der Waals surface area (Å²) in [7, 11) is 0. The number of pyridine rings is 1. The number of rotatable bonds is 5. The second-order valence-corrected chi connectivity index (χ2v) is 5.85.